The van der Waals surface area contributed by atoms with Crippen LogP contribution in [0.3, 0.4) is 0 Å². The van der Waals surface area contributed by atoms with Crippen LogP contribution in [0.5, 0.6) is 0 Å². The van der Waals surface area contributed by atoms with Gasteiger partial charge in [0.15, 0.2) is 0 Å². The van der Waals surface area contributed by atoms with E-state index in [1.54, 1.807) is 0 Å². The van der Waals surface area contributed by atoms with Crippen molar-refractivity contribution in [2.45, 2.75) is 32.1 Å². The topological polar surface area (TPSA) is 52.9 Å². The first kappa shape index (κ1) is 16.0. The molecule has 0 bridgehead atoms. The normalized spacial score (nSPS) is 21.6. The fourth-order valence-corrected chi connectivity index (χ4v) is 2.79. The number of hydrogen-bond acceptors (Lipinski definition) is 4. The molecular formula is C17H23NO3. The highest BCUT2D eigenvalue weighted by Crippen LogP contribution is 2.23. The number of aliphatic hydroxyl groups excluding tert-OH is 2. The molecule has 1 unspecified atom stereocenters. The van der Waals surface area contributed by atoms with Gasteiger partial charge in [0, 0.05) is 25.2 Å². The van der Waals surface area contributed by atoms with Crippen molar-refractivity contribution in [3.05, 3.63) is 35.4 Å². The van der Waals surface area contributed by atoms with E-state index in [1.807, 2.05) is 32.0 Å². The first-order chi connectivity index (χ1) is 10.0. The summed E-state index contributed by atoms with van der Waals surface area (Å²) in [6.45, 7) is 6.27. The number of rotatable bonds is 3. The molecule has 1 atom stereocenters. The number of benzene rings is 1. The van der Waals surface area contributed by atoms with Crippen LogP contribution >= 0.6 is 0 Å². The Bertz CT molecular complexity index is 530. The van der Waals surface area contributed by atoms with Crippen molar-refractivity contribution in [2.24, 2.45) is 0 Å². The summed E-state index contributed by atoms with van der Waals surface area (Å²) < 4.78 is 5.83. The lowest BCUT2D eigenvalue weighted by Crippen LogP contribution is -2.53. The molecule has 1 aromatic rings. The second-order valence-corrected chi connectivity index (χ2v) is 5.97. The molecule has 1 aliphatic rings. The van der Waals surface area contributed by atoms with Gasteiger partial charge in [0.25, 0.3) is 0 Å². The average Bonchev–Trinajstić information content (AvgIpc) is 2.44. The molecule has 1 saturated heterocycles. The quantitative estimate of drug-likeness (QED) is 0.815. The first-order valence-corrected chi connectivity index (χ1v) is 7.23. The molecule has 1 aromatic carbocycles. The molecule has 0 saturated carbocycles. The summed E-state index contributed by atoms with van der Waals surface area (Å²) in [6.07, 6.45) is -0.149. The number of aliphatic hydroxyl groups is 2. The fourth-order valence-electron chi connectivity index (χ4n) is 2.79. The molecule has 21 heavy (non-hydrogen) atoms. The summed E-state index contributed by atoms with van der Waals surface area (Å²) in [7, 11) is 0. The van der Waals surface area contributed by atoms with Crippen LogP contribution in [0.4, 0.5) is 0 Å². The minimum atomic E-state index is -0.267. The number of nitrogens with zero attached hydrogens (tertiary/aromatic N) is 1. The van der Waals surface area contributed by atoms with Gasteiger partial charge in [-0.2, -0.15) is 0 Å². The lowest BCUT2D eigenvalue weighted by molar-refractivity contribution is -0.150. The smallest absolute Gasteiger partial charge is 0.104 e. The van der Waals surface area contributed by atoms with Gasteiger partial charge < -0.3 is 14.9 Å². The van der Waals surface area contributed by atoms with E-state index in [4.69, 9.17) is 9.84 Å². The Hall–Kier alpha value is -1.38. The SMILES string of the molecule is CC1(C)CN(Cc2ccccc2C#CCO)CC(CO)O1. The highest BCUT2D eigenvalue weighted by atomic mass is 16.5. The van der Waals surface area contributed by atoms with Crippen LogP contribution in [0.1, 0.15) is 25.0 Å². The van der Waals surface area contributed by atoms with Crippen LogP contribution in [0, 0.1) is 11.8 Å². The van der Waals surface area contributed by atoms with Crippen molar-refractivity contribution in [1.29, 1.82) is 0 Å². The molecule has 0 aromatic heterocycles. The Morgan fingerprint density at radius 1 is 1.33 bits per heavy atom. The van der Waals surface area contributed by atoms with Crippen molar-refractivity contribution in [2.75, 3.05) is 26.3 Å². The summed E-state index contributed by atoms with van der Waals surface area (Å²) in [5.41, 5.74) is 1.81. The summed E-state index contributed by atoms with van der Waals surface area (Å²) in [6, 6.07) is 7.96. The van der Waals surface area contributed by atoms with Crippen LogP contribution < -0.4 is 0 Å². The average molecular weight is 289 g/mol. The third-order valence-electron chi connectivity index (χ3n) is 3.47. The van der Waals surface area contributed by atoms with Crippen molar-refractivity contribution in [3.8, 4) is 11.8 Å². The van der Waals surface area contributed by atoms with E-state index in [1.165, 1.54) is 0 Å². The third-order valence-corrected chi connectivity index (χ3v) is 3.47. The lowest BCUT2D eigenvalue weighted by Gasteiger charge is -2.42. The van der Waals surface area contributed by atoms with E-state index < -0.39 is 0 Å². The van der Waals surface area contributed by atoms with Gasteiger partial charge in [-0.05, 0) is 25.5 Å². The summed E-state index contributed by atoms with van der Waals surface area (Å²) in [5, 5.41) is 18.2. The minimum Gasteiger partial charge on any atom is -0.394 e. The molecule has 2 N–H and O–H groups in total. The maximum atomic E-state index is 9.38. The molecule has 0 spiro atoms. The molecule has 1 fully saturated rings. The van der Waals surface area contributed by atoms with Crippen molar-refractivity contribution >= 4 is 0 Å². The molecule has 1 aliphatic heterocycles. The lowest BCUT2D eigenvalue weighted by atomic mass is 10.0. The van der Waals surface area contributed by atoms with Crippen LogP contribution in [0.15, 0.2) is 24.3 Å². The van der Waals surface area contributed by atoms with Crippen LogP contribution in [0.2, 0.25) is 0 Å². The predicted octanol–water partition coefficient (Wildman–Crippen LogP) is 1.00. The molecule has 4 heteroatoms. The van der Waals surface area contributed by atoms with E-state index in [-0.39, 0.29) is 24.9 Å². The Balaban J connectivity index is 2.14. The largest absolute Gasteiger partial charge is 0.394 e. The molecule has 0 radical (unpaired) electrons. The van der Waals surface area contributed by atoms with Crippen LogP contribution in [0.25, 0.3) is 0 Å². The van der Waals surface area contributed by atoms with Gasteiger partial charge in [-0.25, -0.2) is 0 Å². The predicted molar refractivity (Wildman–Crippen MR) is 81.7 cm³/mol. The highest BCUT2D eigenvalue weighted by Gasteiger charge is 2.33. The summed E-state index contributed by atoms with van der Waals surface area (Å²) >= 11 is 0. The van der Waals surface area contributed by atoms with Gasteiger partial charge in [0.05, 0.1) is 18.3 Å². The standard InChI is InChI=1S/C17H23NO3/c1-17(2)13-18(11-16(12-20)21-17)10-15-7-4-3-6-14(15)8-5-9-19/h3-4,6-7,16,19-20H,9-13H2,1-2H3. The number of morpholine rings is 1. The maximum Gasteiger partial charge on any atom is 0.104 e. The van der Waals surface area contributed by atoms with E-state index in [0.717, 1.165) is 24.2 Å². The van der Waals surface area contributed by atoms with Crippen molar-refractivity contribution in [3.63, 3.8) is 0 Å². The molecule has 0 aliphatic carbocycles. The zero-order valence-corrected chi connectivity index (χ0v) is 12.7. The molecular weight excluding hydrogens is 266 g/mol. The van der Waals surface area contributed by atoms with Gasteiger partial charge in [-0.3, -0.25) is 4.90 Å². The van der Waals surface area contributed by atoms with Crippen LogP contribution in [-0.2, 0) is 11.3 Å². The Kier molecular flexibility index (Phi) is 5.38. The van der Waals surface area contributed by atoms with Crippen molar-refractivity contribution in [1.82, 2.24) is 4.90 Å². The van der Waals surface area contributed by atoms with Crippen molar-refractivity contribution < 1.29 is 14.9 Å². The number of hydrogen-bond donors (Lipinski definition) is 2. The number of ether oxygens (including phenoxy) is 1. The fraction of sp³-hybridized carbons (Fsp3) is 0.529. The zero-order chi connectivity index (χ0) is 15.3. The van der Waals surface area contributed by atoms with Gasteiger partial charge in [0.1, 0.15) is 6.61 Å². The highest BCUT2D eigenvalue weighted by molar-refractivity contribution is 5.41. The Morgan fingerprint density at radius 3 is 2.81 bits per heavy atom. The van der Waals surface area contributed by atoms with Gasteiger partial charge in [-0.15, -0.1) is 0 Å². The second-order valence-electron chi connectivity index (χ2n) is 5.97. The van der Waals surface area contributed by atoms with Gasteiger partial charge in [0.2, 0.25) is 0 Å². The zero-order valence-electron chi connectivity index (χ0n) is 12.7. The van der Waals surface area contributed by atoms with E-state index in [9.17, 15) is 5.11 Å². The summed E-state index contributed by atoms with van der Waals surface area (Å²) in [5.74, 6) is 5.69. The summed E-state index contributed by atoms with van der Waals surface area (Å²) in [4.78, 5) is 2.28. The van der Waals surface area contributed by atoms with Gasteiger partial charge in [-0.1, -0.05) is 30.0 Å². The monoisotopic (exact) mass is 289 g/mol. The molecule has 2 rings (SSSR count). The first-order valence-electron chi connectivity index (χ1n) is 7.23. The minimum absolute atomic E-state index is 0.0336. The van der Waals surface area contributed by atoms with E-state index >= 15 is 0 Å². The maximum absolute atomic E-state index is 9.38. The van der Waals surface area contributed by atoms with Gasteiger partial charge >= 0.3 is 0 Å². The molecule has 114 valence electrons. The Morgan fingerprint density at radius 2 is 2.10 bits per heavy atom. The van der Waals surface area contributed by atoms with Crippen LogP contribution in [-0.4, -0.2) is 53.1 Å². The molecule has 1 heterocycles. The molecule has 4 nitrogen and oxygen atoms in total. The third kappa shape index (κ3) is 4.55. The van der Waals surface area contributed by atoms with E-state index in [2.05, 4.69) is 22.8 Å². The van der Waals surface area contributed by atoms with E-state index in [0.29, 0.717) is 6.54 Å². The second kappa shape index (κ2) is 7.06. The molecule has 0 amide bonds. The Labute approximate surface area is 126 Å².